The van der Waals surface area contributed by atoms with E-state index in [2.05, 4.69) is 34.6 Å². The van der Waals surface area contributed by atoms with Crippen molar-refractivity contribution in [1.29, 1.82) is 0 Å². The van der Waals surface area contributed by atoms with Crippen molar-refractivity contribution in [3.63, 3.8) is 0 Å². The van der Waals surface area contributed by atoms with Gasteiger partial charge in [-0.15, -0.1) is 11.8 Å². The molecule has 0 saturated carbocycles. The minimum atomic E-state index is -2.85. The first-order valence-electron chi connectivity index (χ1n) is 13.8. The van der Waals surface area contributed by atoms with Gasteiger partial charge in [-0.1, -0.05) is 73.3 Å². The molecule has 0 heterocycles. The highest BCUT2D eigenvalue weighted by atomic mass is 35.5. The van der Waals surface area contributed by atoms with Crippen LogP contribution < -0.4 is 10.2 Å². The lowest BCUT2D eigenvalue weighted by Gasteiger charge is -2.25. The zero-order valence-electron chi connectivity index (χ0n) is 24.8. The Kier molecular flexibility index (Phi) is 16.7. The third-order valence-electron chi connectivity index (χ3n) is 6.22. The summed E-state index contributed by atoms with van der Waals surface area (Å²) >= 11 is 7.41. The SMILES string of the molecule is C=C(OC(=P)c1cc(N(C=O)Cc2ccc(Cl)cc2)c(SC[C@@H](C)NC)cc1F)C(CC)CC(F)(F)CC.CCC. The Morgan fingerprint density at radius 1 is 1.22 bits per heavy atom. The number of thioether (sulfide) groups is 1. The van der Waals surface area contributed by atoms with Crippen LogP contribution in [0.5, 0.6) is 0 Å². The monoisotopic (exact) mass is 630 g/mol. The summed E-state index contributed by atoms with van der Waals surface area (Å²) in [6, 6.07) is 10.1. The molecule has 2 aromatic carbocycles. The number of benzene rings is 2. The minimum absolute atomic E-state index is 0.00972. The van der Waals surface area contributed by atoms with Gasteiger partial charge in [-0.3, -0.25) is 4.79 Å². The van der Waals surface area contributed by atoms with Crippen molar-refractivity contribution in [2.45, 2.75) is 83.7 Å². The van der Waals surface area contributed by atoms with Crippen molar-refractivity contribution in [2.75, 3.05) is 17.7 Å². The molecule has 2 atom stereocenters. The predicted molar refractivity (Wildman–Crippen MR) is 172 cm³/mol. The van der Waals surface area contributed by atoms with Crippen LogP contribution in [0.3, 0.4) is 0 Å². The average molecular weight is 631 g/mol. The molecule has 0 spiro atoms. The van der Waals surface area contributed by atoms with Gasteiger partial charge in [0.05, 0.1) is 17.8 Å². The number of nitrogens with one attached hydrogen (secondary N) is 1. The second-order valence-corrected chi connectivity index (χ2v) is 11.7. The van der Waals surface area contributed by atoms with Crippen molar-refractivity contribution < 1.29 is 22.7 Å². The molecule has 1 N–H and O–H groups in total. The third-order valence-corrected chi connectivity index (χ3v) is 8.15. The maximum atomic E-state index is 15.4. The molecule has 2 aromatic rings. The van der Waals surface area contributed by atoms with Gasteiger partial charge in [0, 0.05) is 40.5 Å². The molecule has 1 unspecified atom stereocenters. The minimum Gasteiger partial charge on any atom is -0.457 e. The lowest BCUT2D eigenvalue weighted by atomic mass is 9.95. The zero-order valence-corrected chi connectivity index (χ0v) is 27.4. The molecule has 2 rings (SSSR count). The molecule has 0 aliphatic heterocycles. The van der Waals surface area contributed by atoms with Crippen LogP contribution in [0, 0.1) is 11.7 Å². The summed E-state index contributed by atoms with van der Waals surface area (Å²) in [4.78, 5) is 14.3. The predicted octanol–water partition coefficient (Wildman–Crippen LogP) is 9.37. The van der Waals surface area contributed by atoms with E-state index in [1.807, 2.05) is 26.1 Å². The fourth-order valence-electron chi connectivity index (χ4n) is 3.58. The van der Waals surface area contributed by atoms with Crippen molar-refractivity contribution >= 4 is 49.8 Å². The number of carbonyl (C=O) groups excluding carboxylic acids is 1. The molecule has 0 aliphatic rings. The molecule has 10 heteroatoms. The number of anilines is 1. The van der Waals surface area contributed by atoms with Crippen LogP contribution >= 0.6 is 32.2 Å². The van der Waals surface area contributed by atoms with E-state index in [4.69, 9.17) is 16.3 Å². The van der Waals surface area contributed by atoms with Gasteiger partial charge in [-0.25, -0.2) is 13.2 Å². The highest BCUT2D eigenvalue weighted by Crippen LogP contribution is 2.36. The van der Waals surface area contributed by atoms with Crippen molar-refractivity contribution in [3.05, 3.63) is 70.7 Å². The zero-order chi connectivity index (χ0) is 31.2. The second kappa shape index (κ2) is 18.5. The van der Waals surface area contributed by atoms with Gasteiger partial charge in [0.1, 0.15) is 11.6 Å². The van der Waals surface area contributed by atoms with Gasteiger partial charge >= 0.3 is 0 Å². The Balaban J connectivity index is 0.00000268. The lowest BCUT2D eigenvalue weighted by molar-refractivity contribution is -0.107. The maximum absolute atomic E-state index is 15.4. The summed E-state index contributed by atoms with van der Waals surface area (Å²) in [5.41, 5.74) is 1.35. The molecular formula is C31H43ClF3N2O2PS. The van der Waals surface area contributed by atoms with Crippen molar-refractivity contribution in [2.24, 2.45) is 5.92 Å². The quantitative estimate of drug-likeness (QED) is 0.0868. The molecule has 0 fully saturated rings. The Bertz CT molecular complexity index is 1140. The maximum Gasteiger partial charge on any atom is 0.248 e. The summed E-state index contributed by atoms with van der Waals surface area (Å²) in [6.45, 7) is 13.5. The number of nitrogens with zero attached hydrogens (tertiary/aromatic N) is 1. The highest BCUT2D eigenvalue weighted by Gasteiger charge is 2.32. The summed E-state index contributed by atoms with van der Waals surface area (Å²) in [6.07, 6.45) is 1.62. The van der Waals surface area contributed by atoms with E-state index in [1.54, 1.807) is 19.1 Å². The van der Waals surface area contributed by atoms with Gasteiger partial charge in [0.25, 0.3) is 0 Å². The molecule has 228 valence electrons. The van der Waals surface area contributed by atoms with Crippen molar-refractivity contribution in [3.8, 4) is 0 Å². The molecule has 0 aromatic heterocycles. The van der Waals surface area contributed by atoms with Gasteiger partial charge in [0.2, 0.25) is 12.3 Å². The number of allylic oxidation sites excluding steroid dienone is 1. The Labute approximate surface area is 255 Å². The Morgan fingerprint density at radius 3 is 2.34 bits per heavy atom. The normalized spacial score (nSPS) is 12.5. The molecule has 0 radical (unpaired) electrons. The van der Waals surface area contributed by atoms with E-state index < -0.39 is 24.1 Å². The molecule has 0 bridgehead atoms. The number of hydrogen-bond donors (Lipinski definition) is 1. The van der Waals surface area contributed by atoms with Crippen LogP contribution in [0.2, 0.25) is 5.02 Å². The van der Waals surface area contributed by atoms with Crippen molar-refractivity contribution in [1.82, 2.24) is 5.32 Å². The van der Waals surface area contributed by atoms with E-state index in [9.17, 15) is 13.6 Å². The van der Waals surface area contributed by atoms with Crippen LogP contribution in [0.15, 0.2) is 53.6 Å². The molecule has 0 saturated heterocycles. The summed E-state index contributed by atoms with van der Waals surface area (Å²) in [5.74, 6) is -3.31. The van der Waals surface area contributed by atoms with Crippen LogP contribution in [0.25, 0.3) is 0 Å². The first-order valence-corrected chi connectivity index (χ1v) is 15.7. The van der Waals surface area contributed by atoms with Crippen LogP contribution in [-0.2, 0) is 16.1 Å². The summed E-state index contributed by atoms with van der Waals surface area (Å²) in [5, 5.41) is 3.71. The smallest absolute Gasteiger partial charge is 0.248 e. The van der Waals surface area contributed by atoms with E-state index in [0.29, 0.717) is 34.2 Å². The van der Waals surface area contributed by atoms with Crippen LogP contribution in [0.4, 0.5) is 18.9 Å². The first kappa shape index (κ1) is 37.0. The standard InChI is InChI=1S/C28H35ClF3N2O2PS.C3H8/c1-6-21(14-28(31,32)7-2)19(4)36-27(37)23-12-25(26(13-24(23)30)38-16-18(3)33-5)34(17-35)15-20-8-10-22(29)11-9-20;1-3-2/h8-13,17-18,21,33,37H,4,6-7,14-16H2,1-3,5H3;3H2,1-2H3/t18-,21?;/m1./s1. The number of halogens is 4. The average Bonchev–Trinajstić information content (AvgIpc) is 2.94. The number of ether oxygens (including phenoxy) is 1. The molecule has 41 heavy (non-hydrogen) atoms. The highest BCUT2D eigenvalue weighted by molar-refractivity contribution is 7.99. The number of hydrogen-bond acceptors (Lipinski definition) is 4. The summed E-state index contributed by atoms with van der Waals surface area (Å²) in [7, 11) is 5.18. The second-order valence-electron chi connectivity index (χ2n) is 9.78. The van der Waals surface area contributed by atoms with Crippen LogP contribution in [-0.4, -0.2) is 36.7 Å². The van der Waals surface area contributed by atoms with Gasteiger partial charge in [0.15, 0.2) is 5.48 Å². The van der Waals surface area contributed by atoms with E-state index in [0.717, 1.165) is 5.56 Å². The fraction of sp³-hybridized carbons (Fsp3) is 0.484. The largest absolute Gasteiger partial charge is 0.457 e. The molecule has 1 amide bonds. The molecular weight excluding hydrogens is 588 g/mol. The Hall–Kier alpha value is -1.99. The number of amides is 1. The molecule has 4 nitrogen and oxygen atoms in total. The first-order chi connectivity index (χ1) is 19.4. The number of carbonyl (C=O) groups is 1. The van der Waals surface area contributed by atoms with Crippen LogP contribution in [0.1, 0.15) is 71.4 Å². The lowest BCUT2D eigenvalue weighted by Crippen LogP contribution is -2.25. The van der Waals surface area contributed by atoms with E-state index >= 15 is 4.39 Å². The Morgan fingerprint density at radius 2 is 1.83 bits per heavy atom. The fourth-order valence-corrected chi connectivity index (χ4v) is 5.14. The van der Waals surface area contributed by atoms with Gasteiger partial charge < -0.3 is 15.0 Å². The number of rotatable bonds is 16. The summed E-state index contributed by atoms with van der Waals surface area (Å²) < 4.78 is 49.1. The van der Waals surface area contributed by atoms with E-state index in [-0.39, 0.29) is 35.8 Å². The molecule has 0 aliphatic carbocycles. The third kappa shape index (κ3) is 12.4. The van der Waals surface area contributed by atoms with E-state index in [1.165, 1.54) is 42.1 Å². The van der Waals surface area contributed by atoms with Gasteiger partial charge in [-0.05, 0) is 50.2 Å². The topological polar surface area (TPSA) is 41.6 Å². The van der Waals surface area contributed by atoms with Gasteiger partial charge in [-0.2, -0.15) is 0 Å². The number of alkyl halides is 2.